The van der Waals surface area contributed by atoms with Crippen molar-refractivity contribution in [3.63, 3.8) is 0 Å². The molecule has 26 heavy (non-hydrogen) atoms. The zero-order valence-corrected chi connectivity index (χ0v) is 16.5. The lowest BCUT2D eigenvalue weighted by molar-refractivity contribution is -0.130. The Morgan fingerprint density at radius 3 is 2.65 bits per heavy atom. The Labute approximate surface area is 159 Å². The van der Waals surface area contributed by atoms with E-state index in [0.29, 0.717) is 34.4 Å². The molecule has 3 nitrogen and oxygen atoms in total. The Bertz CT molecular complexity index is 808. The Balaban J connectivity index is 1.63. The third-order valence-corrected chi connectivity index (χ3v) is 9.40. The lowest BCUT2D eigenvalue weighted by Gasteiger charge is -2.55. The molecule has 3 saturated carbocycles. The van der Waals surface area contributed by atoms with Gasteiger partial charge in [-0.3, -0.25) is 14.4 Å². The SMILES string of the molecule is CC(=O)SC1=C2C=C[C@H]3[C@@H]4CCC(=O)[C@@]4(C)CC[C@@H]3[C@@]2(C)C2C[C@@H]2C1=O. The van der Waals surface area contributed by atoms with Gasteiger partial charge in [0.05, 0.1) is 4.91 Å². The van der Waals surface area contributed by atoms with Gasteiger partial charge in [0.15, 0.2) is 10.9 Å². The zero-order chi connectivity index (χ0) is 18.4. The van der Waals surface area contributed by atoms with Gasteiger partial charge in [0.1, 0.15) is 5.78 Å². The van der Waals surface area contributed by atoms with Gasteiger partial charge in [-0.05, 0) is 66.7 Å². The molecule has 3 fully saturated rings. The van der Waals surface area contributed by atoms with E-state index in [9.17, 15) is 14.4 Å². The summed E-state index contributed by atoms with van der Waals surface area (Å²) in [5.74, 6) is 2.59. The number of hydrogen-bond donors (Lipinski definition) is 0. The number of hydrogen-bond acceptors (Lipinski definition) is 4. The summed E-state index contributed by atoms with van der Waals surface area (Å²) in [7, 11) is 0. The number of thioether (sulfide) groups is 1. The lowest BCUT2D eigenvalue weighted by Crippen LogP contribution is -2.50. The van der Waals surface area contributed by atoms with Gasteiger partial charge in [0.25, 0.3) is 0 Å². The van der Waals surface area contributed by atoms with E-state index in [0.717, 1.165) is 49.4 Å². The van der Waals surface area contributed by atoms with Crippen molar-refractivity contribution in [3.8, 4) is 0 Å². The topological polar surface area (TPSA) is 51.2 Å². The first-order valence-electron chi connectivity index (χ1n) is 9.97. The van der Waals surface area contributed by atoms with Crippen LogP contribution in [0.15, 0.2) is 22.6 Å². The van der Waals surface area contributed by atoms with E-state index in [1.54, 1.807) is 6.92 Å². The van der Waals surface area contributed by atoms with Crippen LogP contribution in [0.5, 0.6) is 0 Å². The van der Waals surface area contributed by atoms with E-state index in [1.807, 2.05) is 0 Å². The minimum atomic E-state index is -0.145. The van der Waals surface area contributed by atoms with Crippen LogP contribution in [0.2, 0.25) is 0 Å². The van der Waals surface area contributed by atoms with Gasteiger partial charge in [-0.15, -0.1) is 0 Å². The average Bonchev–Trinajstić information content (AvgIpc) is 3.34. The third kappa shape index (κ3) is 1.95. The van der Waals surface area contributed by atoms with Crippen molar-refractivity contribution in [2.24, 2.45) is 40.4 Å². The number of ketones is 2. The molecule has 138 valence electrons. The van der Waals surface area contributed by atoms with Crippen molar-refractivity contribution in [1.82, 2.24) is 0 Å². The fraction of sp³-hybridized carbons (Fsp3) is 0.682. The smallest absolute Gasteiger partial charge is 0.190 e. The second-order valence-electron chi connectivity index (χ2n) is 9.50. The van der Waals surface area contributed by atoms with Gasteiger partial charge >= 0.3 is 0 Å². The maximum atomic E-state index is 12.8. The van der Waals surface area contributed by atoms with Crippen LogP contribution in [-0.4, -0.2) is 16.7 Å². The summed E-state index contributed by atoms with van der Waals surface area (Å²) in [6.07, 6.45) is 9.20. The minimum Gasteiger partial charge on any atom is -0.299 e. The van der Waals surface area contributed by atoms with Crippen molar-refractivity contribution >= 4 is 28.4 Å². The molecular weight excluding hydrogens is 344 g/mol. The summed E-state index contributed by atoms with van der Waals surface area (Å²) in [5, 5.41) is -0.00423. The van der Waals surface area contributed by atoms with Gasteiger partial charge in [0.2, 0.25) is 0 Å². The molecule has 0 aromatic carbocycles. The molecule has 0 radical (unpaired) electrons. The molecule has 0 N–H and O–H groups in total. The highest BCUT2D eigenvalue weighted by atomic mass is 32.2. The second-order valence-corrected chi connectivity index (χ2v) is 10.7. The van der Waals surface area contributed by atoms with Crippen LogP contribution in [0.25, 0.3) is 0 Å². The van der Waals surface area contributed by atoms with E-state index in [2.05, 4.69) is 26.0 Å². The normalized spacial score (nSPS) is 48.7. The van der Waals surface area contributed by atoms with E-state index >= 15 is 0 Å². The molecule has 5 aliphatic carbocycles. The number of allylic oxidation sites excluding steroid dienone is 4. The highest BCUT2D eigenvalue weighted by molar-refractivity contribution is 8.17. The summed E-state index contributed by atoms with van der Waals surface area (Å²) in [6, 6.07) is 0. The predicted octanol–water partition coefficient (Wildman–Crippen LogP) is 4.33. The number of fused-ring (bicyclic) bond motifs is 7. The van der Waals surface area contributed by atoms with E-state index in [-0.39, 0.29) is 27.6 Å². The Morgan fingerprint density at radius 1 is 1.15 bits per heavy atom. The molecule has 0 aliphatic heterocycles. The predicted molar refractivity (Wildman–Crippen MR) is 101 cm³/mol. The summed E-state index contributed by atoms with van der Waals surface area (Å²) in [4.78, 5) is 37.9. The maximum absolute atomic E-state index is 12.8. The maximum Gasteiger partial charge on any atom is 0.190 e. The van der Waals surface area contributed by atoms with E-state index < -0.39 is 0 Å². The lowest BCUT2D eigenvalue weighted by atomic mass is 9.49. The fourth-order valence-corrected chi connectivity index (χ4v) is 7.95. The quantitative estimate of drug-likeness (QED) is 0.689. The molecule has 1 unspecified atom stereocenters. The molecule has 0 spiro atoms. The van der Waals surface area contributed by atoms with Gasteiger partial charge in [-0.2, -0.15) is 0 Å². The van der Waals surface area contributed by atoms with Crippen LogP contribution in [0, 0.1) is 40.4 Å². The molecule has 0 aromatic rings. The van der Waals surface area contributed by atoms with Gasteiger partial charge in [-0.25, -0.2) is 0 Å². The van der Waals surface area contributed by atoms with Crippen LogP contribution in [-0.2, 0) is 14.4 Å². The van der Waals surface area contributed by atoms with Crippen LogP contribution >= 0.6 is 11.8 Å². The first kappa shape index (κ1) is 17.0. The van der Waals surface area contributed by atoms with Crippen LogP contribution in [0.4, 0.5) is 0 Å². The number of Topliss-reactive ketones (excluding diaryl/α,β-unsaturated/α-hetero) is 2. The second kappa shape index (κ2) is 5.21. The molecule has 4 heteroatoms. The zero-order valence-electron chi connectivity index (χ0n) is 15.7. The highest BCUT2D eigenvalue weighted by Crippen LogP contribution is 2.70. The molecule has 0 amide bonds. The van der Waals surface area contributed by atoms with Crippen molar-refractivity contribution in [2.75, 3.05) is 0 Å². The fourth-order valence-electron chi connectivity index (χ4n) is 7.01. The summed E-state index contributed by atoms with van der Waals surface area (Å²) >= 11 is 1.14. The number of carbonyl (C=O) groups excluding carboxylic acids is 3. The van der Waals surface area contributed by atoms with Crippen molar-refractivity contribution in [2.45, 2.75) is 52.9 Å². The monoisotopic (exact) mass is 370 g/mol. The van der Waals surface area contributed by atoms with Crippen molar-refractivity contribution in [1.29, 1.82) is 0 Å². The van der Waals surface area contributed by atoms with Gasteiger partial charge in [-0.1, -0.05) is 26.0 Å². The van der Waals surface area contributed by atoms with Gasteiger partial charge in [0, 0.05) is 30.1 Å². The largest absolute Gasteiger partial charge is 0.299 e. The summed E-state index contributed by atoms with van der Waals surface area (Å²) in [6.45, 7) is 6.08. The standard InChI is InChI=1S/C22H26O3S/c1-11(23)26-20-16-5-4-12-14-6-7-18(24)21(14,2)9-8-15(12)22(16,3)17-10-13(17)19(20)25/h4-5,12-15,17H,6-10H2,1-3H3/t12-,13-,14-,15-,17?,21-,22+/m0/s1. The molecule has 0 saturated heterocycles. The van der Waals surface area contributed by atoms with Gasteiger partial charge < -0.3 is 0 Å². The third-order valence-electron chi connectivity index (χ3n) is 8.49. The number of carbonyl (C=O) groups is 3. The molecule has 0 bridgehead atoms. The average molecular weight is 371 g/mol. The van der Waals surface area contributed by atoms with E-state index in [4.69, 9.17) is 0 Å². The van der Waals surface area contributed by atoms with E-state index in [1.165, 1.54) is 0 Å². The molecular formula is C22H26O3S. The molecule has 7 atom stereocenters. The van der Waals surface area contributed by atoms with Crippen LogP contribution in [0.3, 0.4) is 0 Å². The minimum absolute atomic E-state index is 0.00423. The molecule has 0 heterocycles. The summed E-state index contributed by atoms with van der Waals surface area (Å²) < 4.78 is 0. The molecule has 5 rings (SSSR count). The molecule has 0 aromatic heterocycles. The van der Waals surface area contributed by atoms with Crippen molar-refractivity contribution in [3.05, 3.63) is 22.6 Å². The molecule has 5 aliphatic rings. The Morgan fingerprint density at radius 2 is 1.92 bits per heavy atom. The Kier molecular flexibility index (Phi) is 3.40. The van der Waals surface area contributed by atoms with Crippen LogP contribution in [0.1, 0.15) is 52.9 Å². The highest BCUT2D eigenvalue weighted by Gasteiger charge is 2.66. The van der Waals surface area contributed by atoms with Crippen molar-refractivity contribution < 1.29 is 14.4 Å². The Hall–Kier alpha value is -1.16. The first-order valence-corrected chi connectivity index (χ1v) is 10.8. The van der Waals surface area contributed by atoms with Crippen LogP contribution < -0.4 is 0 Å². The number of rotatable bonds is 1. The summed E-state index contributed by atoms with van der Waals surface area (Å²) in [5.41, 5.74) is 0.964. The first-order chi connectivity index (χ1) is 12.3.